The Hall–Kier alpha value is -7.75. The highest BCUT2D eigenvalue weighted by Gasteiger charge is 2.33. The largest absolute Gasteiger partial charge is 0.485 e. The van der Waals surface area contributed by atoms with Gasteiger partial charge in [0.05, 0.1) is 28.1 Å². The molecule has 394 valence electrons. The summed E-state index contributed by atoms with van der Waals surface area (Å²) in [6, 6.07) is 19.1. The maximum absolute atomic E-state index is 14.1. The summed E-state index contributed by atoms with van der Waals surface area (Å²) in [5.41, 5.74) is 6.04. The molecule has 14 nitrogen and oxygen atoms in total. The SMILES string of the molecule is Cc1cc(OCc2c(F)cccc2F)c2nc(C)c(C(=O)NCC(C)(CC(F)F)NC(=O)OCc3ccccc3)n2c1.Cc1cc(OCc2c(F)cccc2F)c2nc(C)c(C(=O)NCC(C)(N)CC(F)F)n2c1. The van der Waals surface area contributed by atoms with Gasteiger partial charge in [-0.15, -0.1) is 0 Å². The number of nitrogens with zero attached hydrogens (tertiary/aromatic N) is 4. The summed E-state index contributed by atoms with van der Waals surface area (Å²) in [5.74, 6) is -3.76. The first-order valence-electron chi connectivity index (χ1n) is 22.9. The van der Waals surface area contributed by atoms with Crippen molar-refractivity contribution in [3.63, 3.8) is 0 Å². The number of benzene rings is 3. The number of aryl methyl sites for hydroxylation is 4. The van der Waals surface area contributed by atoms with Crippen LogP contribution in [0.15, 0.2) is 91.3 Å². The summed E-state index contributed by atoms with van der Waals surface area (Å²) < 4.78 is 128. The molecule has 3 aromatic carbocycles. The van der Waals surface area contributed by atoms with Crippen molar-refractivity contribution in [2.24, 2.45) is 5.73 Å². The number of imidazole rings is 2. The van der Waals surface area contributed by atoms with Gasteiger partial charge < -0.3 is 35.9 Å². The number of amides is 3. The second-order valence-electron chi connectivity index (χ2n) is 18.2. The Morgan fingerprint density at radius 3 is 1.49 bits per heavy atom. The smallest absolute Gasteiger partial charge is 0.407 e. The van der Waals surface area contributed by atoms with Crippen molar-refractivity contribution in [1.82, 2.24) is 34.7 Å². The number of ether oxygens (including phenoxy) is 3. The van der Waals surface area contributed by atoms with Crippen LogP contribution in [0.5, 0.6) is 11.5 Å². The third kappa shape index (κ3) is 14.3. The van der Waals surface area contributed by atoms with Crippen molar-refractivity contribution >= 4 is 29.2 Å². The van der Waals surface area contributed by atoms with E-state index in [-0.39, 0.29) is 71.6 Å². The number of halogens is 8. The lowest BCUT2D eigenvalue weighted by atomic mass is 9.98. The number of nitrogens with one attached hydrogen (secondary N) is 3. The van der Waals surface area contributed by atoms with E-state index in [1.807, 2.05) is 0 Å². The van der Waals surface area contributed by atoms with E-state index in [0.29, 0.717) is 22.5 Å². The molecular weight excluding hydrogens is 985 g/mol. The molecule has 4 heterocycles. The molecule has 4 aromatic heterocycles. The molecule has 0 aliphatic heterocycles. The van der Waals surface area contributed by atoms with Crippen LogP contribution >= 0.6 is 0 Å². The zero-order valence-corrected chi connectivity index (χ0v) is 41.1. The zero-order chi connectivity index (χ0) is 54.1. The molecule has 5 N–H and O–H groups in total. The number of hydrogen-bond donors (Lipinski definition) is 4. The number of alkyl halides is 4. The number of fused-ring (bicyclic) bond motifs is 2. The molecule has 2 unspecified atom stereocenters. The van der Waals surface area contributed by atoms with Crippen molar-refractivity contribution in [2.45, 2.75) is 98.1 Å². The Labute approximate surface area is 420 Å². The normalized spacial score (nSPS) is 13.0. The Kier molecular flexibility index (Phi) is 17.9. The molecule has 0 saturated carbocycles. The standard InChI is InChI=1S/C30H30F4N4O4.C22H24F4N4O2/c1-18-12-24(41-16-21-22(31)10-7-11-23(21)32)27-36-19(2)26(38(27)14-18)28(39)35-17-30(3,13-25(33)34)37-29(40)42-15-20-8-5-4-6-9-20;1-12-7-17(32-10-14-15(23)5-4-6-16(14)24)20-29-13(2)19(30(20)9-12)21(31)28-11-22(3,27)8-18(25)26/h4-12,14,25H,13,15-17H2,1-3H3,(H,35,39)(H,37,40);4-7,9,18H,8,10-11,27H2,1-3H3,(H,28,31). The van der Waals surface area contributed by atoms with E-state index in [4.69, 9.17) is 19.9 Å². The average molecular weight is 1040 g/mol. The molecule has 7 rings (SSSR count). The lowest BCUT2D eigenvalue weighted by molar-refractivity contribution is 0.0781. The van der Waals surface area contributed by atoms with Crippen LogP contribution < -0.4 is 31.2 Å². The monoisotopic (exact) mass is 1040 g/mol. The number of pyridine rings is 2. The Morgan fingerprint density at radius 1 is 0.622 bits per heavy atom. The first-order chi connectivity index (χ1) is 34.9. The lowest BCUT2D eigenvalue weighted by Crippen LogP contribution is -2.54. The van der Waals surface area contributed by atoms with Gasteiger partial charge in [0.1, 0.15) is 54.5 Å². The number of carbonyl (C=O) groups is 3. The van der Waals surface area contributed by atoms with Gasteiger partial charge in [-0.1, -0.05) is 42.5 Å². The van der Waals surface area contributed by atoms with E-state index >= 15 is 0 Å². The molecule has 2 atom stereocenters. The van der Waals surface area contributed by atoms with Gasteiger partial charge in [-0.3, -0.25) is 18.4 Å². The van der Waals surface area contributed by atoms with Gasteiger partial charge in [0, 0.05) is 43.9 Å². The van der Waals surface area contributed by atoms with Crippen molar-refractivity contribution in [2.75, 3.05) is 13.1 Å². The predicted molar refractivity (Wildman–Crippen MR) is 257 cm³/mol. The quantitative estimate of drug-likeness (QED) is 0.0575. The van der Waals surface area contributed by atoms with Crippen LogP contribution in [-0.2, 0) is 24.6 Å². The highest BCUT2D eigenvalue weighted by molar-refractivity contribution is 5.95. The topological polar surface area (TPSA) is 176 Å². The molecule has 0 spiro atoms. The zero-order valence-electron chi connectivity index (χ0n) is 41.1. The number of carbonyl (C=O) groups excluding carboxylic acids is 3. The summed E-state index contributed by atoms with van der Waals surface area (Å²) in [4.78, 5) is 47.3. The Bertz CT molecular complexity index is 3090. The number of nitrogens with two attached hydrogens (primary N) is 1. The molecule has 22 heteroatoms. The minimum Gasteiger partial charge on any atom is -0.485 e. The van der Waals surface area contributed by atoms with Crippen molar-refractivity contribution in [3.05, 3.63) is 165 Å². The Balaban J connectivity index is 0.000000250. The van der Waals surface area contributed by atoms with E-state index in [0.717, 1.165) is 29.8 Å². The minimum atomic E-state index is -2.78. The van der Waals surface area contributed by atoms with Gasteiger partial charge in [0.25, 0.3) is 11.8 Å². The van der Waals surface area contributed by atoms with Crippen LogP contribution in [0.25, 0.3) is 11.3 Å². The fourth-order valence-electron chi connectivity index (χ4n) is 7.78. The van der Waals surface area contributed by atoms with E-state index in [1.165, 1.54) is 34.8 Å². The summed E-state index contributed by atoms with van der Waals surface area (Å²) in [5, 5.41) is 7.64. The molecule has 3 amide bonds. The maximum atomic E-state index is 14.1. The van der Waals surface area contributed by atoms with Crippen LogP contribution in [0.1, 0.15) is 86.9 Å². The second-order valence-corrected chi connectivity index (χ2v) is 18.2. The van der Waals surface area contributed by atoms with Gasteiger partial charge in [-0.25, -0.2) is 49.9 Å². The van der Waals surface area contributed by atoms with Crippen LogP contribution in [0.4, 0.5) is 39.9 Å². The first kappa shape index (κ1) is 55.6. The average Bonchev–Trinajstić information content (AvgIpc) is 3.83. The number of aromatic nitrogens is 4. The summed E-state index contributed by atoms with van der Waals surface area (Å²) in [6.45, 7) is 8.14. The molecule has 0 bridgehead atoms. The molecular formula is C52H54F8N8O6. The number of hydrogen-bond acceptors (Lipinski definition) is 9. The number of alkyl carbamates (subject to hydrolysis) is 1. The molecule has 74 heavy (non-hydrogen) atoms. The molecule has 0 radical (unpaired) electrons. The molecule has 0 aliphatic carbocycles. The Morgan fingerprint density at radius 2 is 1.05 bits per heavy atom. The minimum absolute atomic E-state index is 0.0574. The number of rotatable bonds is 19. The van der Waals surface area contributed by atoms with Crippen molar-refractivity contribution < 1.29 is 63.7 Å². The fraction of sp³-hybridized carbons (Fsp3) is 0.327. The van der Waals surface area contributed by atoms with Gasteiger partial charge in [-0.2, -0.15) is 0 Å². The van der Waals surface area contributed by atoms with Crippen LogP contribution in [0, 0.1) is 51.0 Å². The lowest BCUT2D eigenvalue weighted by Gasteiger charge is -2.30. The summed E-state index contributed by atoms with van der Waals surface area (Å²) in [7, 11) is 0. The maximum Gasteiger partial charge on any atom is 0.407 e. The fourth-order valence-corrected chi connectivity index (χ4v) is 7.78. The van der Waals surface area contributed by atoms with Gasteiger partial charge in [0.15, 0.2) is 22.8 Å². The third-order valence-corrected chi connectivity index (χ3v) is 11.4. The van der Waals surface area contributed by atoms with E-state index in [2.05, 4.69) is 25.9 Å². The van der Waals surface area contributed by atoms with Crippen LogP contribution in [0.3, 0.4) is 0 Å². The summed E-state index contributed by atoms with van der Waals surface area (Å²) in [6.07, 6.45) is -4.32. The highest BCUT2D eigenvalue weighted by Crippen LogP contribution is 2.28. The first-order valence-corrected chi connectivity index (χ1v) is 22.9. The van der Waals surface area contributed by atoms with Crippen LogP contribution in [0.2, 0.25) is 0 Å². The van der Waals surface area contributed by atoms with E-state index in [1.54, 1.807) is 82.6 Å². The van der Waals surface area contributed by atoms with Gasteiger partial charge in [0.2, 0.25) is 12.9 Å². The molecule has 0 aliphatic rings. The third-order valence-electron chi connectivity index (χ3n) is 11.4. The van der Waals surface area contributed by atoms with Crippen LogP contribution in [-0.4, -0.2) is 73.7 Å². The van der Waals surface area contributed by atoms with E-state index in [9.17, 15) is 49.5 Å². The molecule has 7 aromatic rings. The summed E-state index contributed by atoms with van der Waals surface area (Å²) >= 11 is 0. The molecule has 0 fully saturated rings. The van der Waals surface area contributed by atoms with E-state index < -0.39 is 84.6 Å². The van der Waals surface area contributed by atoms with Gasteiger partial charge >= 0.3 is 6.09 Å². The predicted octanol–water partition coefficient (Wildman–Crippen LogP) is 9.79. The van der Waals surface area contributed by atoms with Crippen molar-refractivity contribution in [3.8, 4) is 11.5 Å². The molecule has 0 saturated heterocycles. The van der Waals surface area contributed by atoms with Gasteiger partial charge in [-0.05, 0) is 94.6 Å². The van der Waals surface area contributed by atoms with Crippen molar-refractivity contribution in [1.29, 1.82) is 0 Å². The highest BCUT2D eigenvalue weighted by atomic mass is 19.3. The second kappa shape index (κ2) is 23.9.